The van der Waals surface area contributed by atoms with Gasteiger partial charge in [-0.2, -0.15) is 0 Å². The molecule has 9 nitrogen and oxygen atoms in total. The van der Waals surface area contributed by atoms with Gasteiger partial charge in [0.25, 0.3) is 0 Å². The summed E-state index contributed by atoms with van der Waals surface area (Å²) >= 11 is 0. The fourth-order valence-corrected chi connectivity index (χ4v) is 13.1. The maximum atomic E-state index is 7.19. The molecular formula is C36H33N6O3P3. The molecule has 12 heteroatoms. The van der Waals surface area contributed by atoms with Gasteiger partial charge in [0.2, 0.25) is 0 Å². The van der Waals surface area contributed by atoms with Gasteiger partial charge >= 0.3 is 284 Å². The van der Waals surface area contributed by atoms with Gasteiger partial charge in [-0.15, -0.1) is 0 Å². The number of benzene rings is 6. The van der Waals surface area contributed by atoms with Crippen molar-refractivity contribution in [2.75, 3.05) is 15.9 Å². The van der Waals surface area contributed by atoms with Crippen LogP contribution in [0.2, 0.25) is 0 Å². The predicted octanol–water partition coefficient (Wildman–Crippen LogP) is 11.4. The van der Waals surface area contributed by atoms with E-state index >= 15 is 0 Å². The van der Waals surface area contributed by atoms with Gasteiger partial charge in [-0.3, -0.25) is 0 Å². The summed E-state index contributed by atoms with van der Waals surface area (Å²) in [5, 5.41) is 3.78. The number of nitrogens with zero attached hydrogens (tertiary/aromatic N) is 3. The molecule has 0 aromatic heterocycles. The molecule has 1 atom stereocenters. The third-order valence-corrected chi connectivity index (χ3v) is 14.6. The third-order valence-electron chi connectivity index (χ3n) is 6.97. The Balaban J connectivity index is 1.50. The number of hydrazine groups is 2. The zero-order chi connectivity index (χ0) is 32.5. The minimum absolute atomic E-state index is 0.484. The first-order valence-corrected chi connectivity index (χ1v) is 19.2. The van der Waals surface area contributed by atoms with E-state index in [0.717, 1.165) is 17.1 Å². The van der Waals surface area contributed by atoms with E-state index in [0.29, 0.717) is 25.8 Å². The van der Waals surface area contributed by atoms with Crippen molar-refractivity contribution in [1.29, 1.82) is 0 Å². The maximum absolute atomic E-state index is 7.19. The number of hydrogen-bond donors (Lipinski definition) is 3. The Morgan fingerprint density at radius 1 is 0.458 bits per heavy atom. The fraction of sp³-hybridized carbons (Fsp3) is 0. The molecule has 7 rings (SSSR count). The second-order valence-electron chi connectivity index (χ2n) is 10.5. The number of anilines is 3. The van der Waals surface area contributed by atoms with Gasteiger partial charge in [0.15, 0.2) is 0 Å². The van der Waals surface area contributed by atoms with Gasteiger partial charge in [-0.05, 0) is 0 Å². The predicted molar refractivity (Wildman–Crippen MR) is 198 cm³/mol. The Bertz CT molecular complexity index is 1810. The number of hydrogen-bond acceptors (Lipinski definition) is 9. The van der Waals surface area contributed by atoms with Crippen molar-refractivity contribution < 1.29 is 13.6 Å². The van der Waals surface area contributed by atoms with Crippen LogP contribution in [-0.4, -0.2) is 9.10 Å². The summed E-state index contributed by atoms with van der Waals surface area (Å²) in [6.07, 6.45) is 0. The SMILES string of the molecule is c1ccc(NN2P=NP(Oc3ccccc3)(Oc3ccccc3)(Oc3ccccc3)N(Nc3ccccc3)P2Nc2ccccc2)cc1. The molecule has 6 aromatic carbocycles. The number of rotatable bonds is 12. The van der Waals surface area contributed by atoms with Crippen LogP contribution in [0.4, 0.5) is 17.1 Å². The van der Waals surface area contributed by atoms with Crippen LogP contribution in [0.5, 0.6) is 17.2 Å². The summed E-state index contributed by atoms with van der Waals surface area (Å²) in [6.45, 7) is 0. The fourth-order valence-electron chi connectivity index (χ4n) is 4.79. The Morgan fingerprint density at radius 2 is 0.812 bits per heavy atom. The molecule has 0 fully saturated rings. The Morgan fingerprint density at radius 3 is 1.23 bits per heavy atom. The second kappa shape index (κ2) is 14.4. The second-order valence-corrected chi connectivity index (χ2v) is 16.6. The van der Waals surface area contributed by atoms with Crippen LogP contribution in [0.25, 0.3) is 0 Å². The van der Waals surface area contributed by atoms with Crippen molar-refractivity contribution >= 4 is 41.5 Å². The molecule has 1 aliphatic heterocycles. The normalized spacial score (nSPS) is 17.9. The summed E-state index contributed by atoms with van der Waals surface area (Å²) in [5.41, 5.74) is 9.80. The van der Waals surface area contributed by atoms with E-state index in [-0.39, 0.29) is 0 Å². The molecule has 240 valence electrons. The van der Waals surface area contributed by atoms with Gasteiger partial charge < -0.3 is 0 Å². The average Bonchev–Trinajstić information content (AvgIpc) is 3.14. The average molecular weight is 691 g/mol. The van der Waals surface area contributed by atoms with E-state index in [1.807, 2.05) is 191 Å². The van der Waals surface area contributed by atoms with Crippen molar-refractivity contribution in [3.05, 3.63) is 182 Å². The van der Waals surface area contributed by atoms with E-state index in [1.165, 1.54) is 0 Å². The Hall–Kier alpha value is -5.00. The van der Waals surface area contributed by atoms with Gasteiger partial charge in [0.05, 0.1) is 0 Å². The van der Waals surface area contributed by atoms with Crippen LogP contribution in [0, 0.1) is 0 Å². The molecular weight excluding hydrogens is 657 g/mol. The summed E-state index contributed by atoms with van der Waals surface area (Å²) in [4.78, 5) is 0. The molecule has 0 bridgehead atoms. The summed E-state index contributed by atoms with van der Waals surface area (Å²) in [6, 6.07) is 58.5. The molecule has 1 heterocycles. The van der Waals surface area contributed by atoms with Gasteiger partial charge in [-0.1, -0.05) is 0 Å². The first-order chi connectivity index (χ1) is 23.7. The van der Waals surface area contributed by atoms with Gasteiger partial charge in [-0.25, -0.2) is 0 Å². The van der Waals surface area contributed by atoms with Crippen LogP contribution < -0.4 is 29.5 Å². The topological polar surface area (TPSA) is 82.6 Å². The summed E-state index contributed by atoms with van der Waals surface area (Å²) < 4.78 is 30.8. The molecule has 1 aliphatic rings. The van der Waals surface area contributed by atoms with Gasteiger partial charge in [0, 0.05) is 0 Å². The Kier molecular flexibility index (Phi) is 9.48. The first kappa shape index (κ1) is 31.6. The van der Waals surface area contributed by atoms with Gasteiger partial charge in [0.1, 0.15) is 0 Å². The number of nitrogens with one attached hydrogen (secondary N) is 3. The van der Waals surface area contributed by atoms with Crippen LogP contribution in [0.3, 0.4) is 0 Å². The Labute approximate surface area is 283 Å². The molecule has 3 N–H and O–H groups in total. The van der Waals surface area contributed by atoms with Crippen LogP contribution in [0.15, 0.2) is 187 Å². The van der Waals surface area contributed by atoms with Crippen molar-refractivity contribution in [3.8, 4) is 17.2 Å². The summed E-state index contributed by atoms with van der Waals surface area (Å²) in [5.74, 6) is 1.58. The van der Waals surface area contributed by atoms with Crippen molar-refractivity contribution in [2.24, 2.45) is 4.52 Å². The van der Waals surface area contributed by atoms with Crippen molar-refractivity contribution in [1.82, 2.24) is 9.10 Å². The van der Waals surface area contributed by atoms with Crippen LogP contribution in [0.1, 0.15) is 0 Å². The minimum atomic E-state index is -4.96. The van der Waals surface area contributed by atoms with Crippen molar-refractivity contribution in [3.63, 3.8) is 0 Å². The molecule has 48 heavy (non-hydrogen) atoms. The molecule has 0 spiro atoms. The van der Waals surface area contributed by atoms with E-state index in [1.54, 1.807) is 0 Å². The molecule has 0 aliphatic carbocycles. The molecule has 0 radical (unpaired) electrons. The zero-order valence-electron chi connectivity index (χ0n) is 25.7. The first-order valence-electron chi connectivity index (χ1n) is 15.2. The van der Waals surface area contributed by atoms with E-state index in [9.17, 15) is 0 Å². The van der Waals surface area contributed by atoms with E-state index < -0.39 is 16.0 Å². The standard InChI is InChI=1S/C36H33N6O3P3/c1-7-19-31(20-8-1)37-41-46-40-48(43-34-25-13-4-14-26-34,44-35-27-15-5-16-28-35,45-36-29-17-6-18-30-36)42(38-32-21-9-2-10-22-32)47(41)39-33-23-11-3-12-24-33/h1-30,37-39H. The van der Waals surface area contributed by atoms with E-state index in [4.69, 9.17) is 18.1 Å². The zero-order valence-corrected chi connectivity index (χ0v) is 28.4. The molecule has 0 saturated heterocycles. The molecule has 1 unspecified atom stereocenters. The molecule has 0 saturated carbocycles. The quantitative estimate of drug-likeness (QED) is 0.109. The summed E-state index contributed by atoms with van der Waals surface area (Å²) in [7, 11) is -6.15. The molecule has 0 amide bonds. The monoisotopic (exact) mass is 690 g/mol. The van der Waals surface area contributed by atoms with Crippen LogP contribution in [-0.2, 0) is 0 Å². The number of para-hydroxylation sites is 6. The van der Waals surface area contributed by atoms with E-state index in [2.05, 4.69) is 15.9 Å². The third kappa shape index (κ3) is 7.12. The molecule has 6 aromatic rings. The van der Waals surface area contributed by atoms with Crippen molar-refractivity contribution in [2.45, 2.75) is 0 Å². The van der Waals surface area contributed by atoms with Crippen LogP contribution >= 0.6 is 24.5 Å².